The highest BCUT2D eigenvalue weighted by molar-refractivity contribution is 6.12. The molecule has 2 N–H and O–H groups in total. The Labute approximate surface area is 89.3 Å². The lowest BCUT2D eigenvalue weighted by Crippen LogP contribution is -2.32. The molecule has 3 aliphatic rings. The largest absolute Gasteiger partial charge is 0.296 e. The van der Waals surface area contributed by atoms with Crippen molar-refractivity contribution >= 4 is 23.6 Å². The Morgan fingerprint density at radius 1 is 1.00 bits per heavy atom. The van der Waals surface area contributed by atoms with Gasteiger partial charge in [-0.25, -0.2) is 0 Å². The van der Waals surface area contributed by atoms with Crippen molar-refractivity contribution in [1.82, 2.24) is 10.4 Å². The summed E-state index contributed by atoms with van der Waals surface area (Å²) in [5.74, 6) is -5.38. The smallest absolute Gasteiger partial charge is 0.258 e. The molecule has 0 unspecified atom stereocenters. The van der Waals surface area contributed by atoms with E-state index in [1.807, 2.05) is 0 Å². The normalized spacial score (nSPS) is 41.4. The van der Waals surface area contributed by atoms with Crippen molar-refractivity contribution in [2.45, 2.75) is 6.42 Å². The first-order valence-electron chi connectivity index (χ1n) is 4.93. The van der Waals surface area contributed by atoms with E-state index in [2.05, 4.69) is 5.32 Å². The van der Waals surface area contributed by atoms with E-state index in [0.717, 1.165) is 0 Å². The minimum Gasteiger partial charge on any atom is -0.296 e. The van der Waals surface area contributed by atoms with Gasteiger partial charge >= 0.3 is 0 Å². The van der Waals surface area contributed by atoms with Crippen LogP contribution in [0.15, 0.2) is 0 Å². The van der Waals surface area contributed by atoms with E-state index in [1.54, 1.807) is 0 Å². The van der Waals surface area contributed by atoms with E-state index in [4.69, 9.17) is 5.21 Å². The third kappa shape index (κ3) is 0.867. The van der Waals surface area contributed by atoms with Gasteiger partial charge in [-0.05, 0) is 6.42 Å². The monoisotopic (exact) mass is 224 g/mol. The van der Waals surface area contributed by atoms with Crippen LogP contribution in [0.2, 0.25) is 0 Å². The van der Waals surface area contributed by atoms with Crippen LogP contribution < -0.4 is 5.32 Å². The summed E-state index contributed by atoms with van der Waals surface area (Å²) in [6.45, 7) is 0. The summed E-state index contributed by atoms with van der Waals surface area (Å²) in [4.78, 5) is 45.8. The Kier molecular flexibility index (Phi) is 1.58. The number of hydrogen-bond donors (Lipinski definition) is 2. The summed E-state index contributed by atoms with van der Waals surface area (Å²) < 4.78 is 0. The third-order valence-corrected chi connectivity index (χ3v) is 3.67. The van der Waals surface area contributed by atoms with E-state index in [1.165, 1.54) is 0 Å². The molecule has 16 heavy (non-hydrogen) atoms. The molecule has 2 heterocycles. The minimum atomic E-state index is -0.867. The lowest BCUT2D eigenvalue weighted by Gasteiger charge is -2.11. The number of nitrogens with zero attached hydrogens (tertiary/aromatic N) is 1. The van der Waals surface area contributed by atoms with Gasteiger partial charge in [-0.3, -0.25) is 29.7 Å². The van der Waals surface area contributed by atoms with Gasteiger partial charge in [-0.15, -0.1) is 0 Å². The summed E-state index contributed by atoms with van der Waals surface area (Å²) in [5, 5.41) is 11.4. The highest BCUT2D eigenvalue weighted by atomic mass is 16.5. The van der Waals surface area contributed by atoms with Crippen molar-refractivity contribution in [2.24, 2.45) is 23.7 Å². The first-order valence-corrected chi connectivity index (χ1v) is 4.93. The minimum absolute atomic E-state index is 0.0711. The molecule has 1 aliphatic carbocycles. The lowest BCUT2D eigenvalue weighted by atomic mass is 9.89. The van der Waals surface area contributed by atoms with Gasteiger partial charge < -0.3 is 0 Å². The predicted octanol–water partition coefficient (Wildman–Crippen LogP) is -1.73. The van der Waals surface area contributed by atoms with Crippen molar-refractivity contribution in [3.8, 4) is 0 Å². The molecule has 3 fully saturated rings. The fraction of sp³-hybridized carbons (Fsp3) is 0.556. The van der Waals surface area contributed by atoms with Crippen molar-refractivity contribution in [3.63, 3.8) is 0 Å². The zero-order chi connectivity index (χ0) is 11.6. The molecule has 0 radical (unpaired) electrons. The number of carbonyl (C=O) groups excluding carboxylic acids is 4. The van der Waals surface area contributed by atoms with Gasteiger partial charge in [0, 0.05) is 0 Å². The maximum atomic E-state index is 11.6. The Balaban J connectivity index is 2.03. The highest BCUT2D eigenvalue weighted by Crippen LogP contribution is 2.48. The predicted molar refractivity (Wildman–Crippen MR) is 45.4 cm³/mol. The zero-order valence-electron chi connectivity index (χ0n) is 8.04. The zero-order valence-corrected chi connectivity index (χ0v) is 8.04. The van der Waals surface area contributed by atoms with Crippen LogP contribution in [0.4, 0.5) is 0 Å². The van der Waals surface area contributed by atoms with Crippen molar-refractivity contribution < 1.29 is 24.4 Å². The first kappa shape index (κ1) is 9.46. The fourth-order valence-electron chi connectivity index (χ4n) is 2.97. The summed E-state index contributed by atoms with van der Waals surface area (Å²) in [6, 6.07) is 0. The molecule has 4 amide bonds. The average molecular weight is 224 g/mol. The summed E-state index contributed by atoms with van der Waals surface area (Å²) in [6.07, 6.45) is 0.161. The fourth-order valence-corrected chi connectivity index (χ4v) is 2.97. The van der Waals surface area contributed by atoms with Gasteiger partial charge in [-0.2, -0.15) is 5.06 Å². The maximum absolute atomic E-state index is 11.6. The van der Waals surface area contributed by atoms with Crippen LogP contribution in [0.5, 0.6) is 0 Å². The van der Waals surface area contributed by atoms with E-state index in [-0.39, 0.29) is 11.5 Å². The van der Waals surface area contributed by atoms with Crippen molar-refractivity contribution in [3.05, 3.63) is 0 Å². The maximum Gasteiger partial charge on any atom is 0.258 e. The Morgan fingerprint density at radius 3 is 2.38 bits per heavy atom. The second kappa shape index (κ2) is 2.67. The van der Waals surface area contributed by atoms with Crippen LogP contribution in [0.1, 0.15) is 6.42 Å². The van der Waals surface area contributed by atoms with Gasteiger partial charge in [0.2, 0.25) is 11.8 Å². The summed E-state index contributed by atoms with van der Waals surface area (Å²) >= 11 is 0. The number of nitrogens with one attached hydrogen (secondary N) is 1. The van der Waals surface area contributed by atoms with E-state index in [0.29, 0.717) is 0 Å². The number of amides is 4. The molecule has 0 aromatic carbocycles. The molecule has 0 bridgehead atoms. The van der Waals surface area contributed by atoms with Gasteiger partial charge in [-0.1, -0.05) is 0 Å². The molecule has 0 aromatic heterocycles. The molecule has 3 rings (SSSR count). The summed E-state index contributed by atoms with van der Waals surface area (Å²) in [7, 11) is 0. The number of hydroxylamine groups is 2. The van der Waals surface area contributed by atoms with Crippen LogP contribution in [0.25, 0.3) is 0 Å². The van der Waals surface area contributed by atoms with Crippen molar-refractivity contribution in [1.29, 1.82) is 0 Å². The Morgan fingerprint density at radius 2 is 1.69 bits per heavy atom. The molecule has 7 heteroatoms. The van der Waals surface area contributed by atoms with Crippen LogP contribution in [-0.4, -0.2) is 33.9 Å². The number of imide groups is 2. The van der Waals surface area contributed by atoms with E-state index >= 15 is 0 Å². The third-order valence-electron chi connectivity index (χ3n) is 3.67. The molecule has 1 saturated carbocycles. The molecule has 4 atom stereocenters. The molecule has 2 saturated heterocycles. The quantitative estimate of drug-likeness (QED) is 0.376. The number of rotatable bonds is 0. The molecule has 0 aromatic rings. The lowest BCUT2D eigenvalue weighted by molar-refractivity contribution is -0.174. The second-order valence-corrected chi connectivity index (χ2v) is 4.34. The number of fused-ring (bicyclic) bond motifs is 3. The number of carbonyl (C=O) groups is 4. The van der Waals surface area contributed by atoms with Crippen molar-refractivity contribution in [2.75, 3.05) is 0 Å². The van der Waals surface area contributed by atoms with E-state index < -0.39 is 47.3 Å². The Bertz CT molecular complexity index is 445. The van der Waals surface area contributed by atoms with Gasteiger partial charge in [0.15, 0.2) is 0 Å². The standard InChI is InChI=1S/C9H8N2O5/c12-6-2-1-3-5(4(2)7(13)10-6)9(15)11(16)8(3)14/h2-5,16H,1H2,(H,10,12,13)/t2-,3+,4-,5-/m1/s1. The number of hydrogen-bond acceptors (Lipinski definition) is 5. The van der Waals surface area contributed by atoms with Crippen LogP contribution in [0, 0.1) is 23.7 Å². The SMILES string of the molecule is O=C1NC(=O)[C@@H]2C[C@@H]3C(=O)N(O)C(=O)[C@H]3[C@H]12. The molecule has 2 aliphatic heterocycles. The van der Waals surface area contributed by atoms with Gasteiger partial charge in [0.25, 0.3) is 11.8 Å². The van der Waals surface area contributed by atoms with Crippen LogP contribution in [0.3, 0.4) is 0 Å². The first-order chi connectivity index (χ1) is 7.52. The molecular formula is C9H8N2O5. The molecule has 84 valence electrons. The highest BCUT2D eigenvalue weighted by Gasteiger charge is 2.64. The second-order valence-electron chi connectivity index (χ2n) is 4.34. The van der Waals surface area contributed by atoms with Gasteiger partial charge in [0.1, 0.15) is 0 Å². The molecule has 7 nitrogen and oxygen atoms in total. The van der Waals surface area contributed by atoms with E-state index in [9.17, 15) is 19.2 Å². The van der Waals surface area contributed by atoms with Gasteiger partial charge in [0.05, 0.1) is 23.7 Å². The Hall–Kier alpha value is -1.76. The van der Waals surface area contributed by atoms with Crippen LogP contribution in [-0.2, 0) is 19.2 Å². The van der Waals surface area contributed by atoms with Crippen LogP contribution >= 0.6 is 0 Å². The topological polar surface area (TPSA) is 104 Å². The average Bonchev–Trinajstić information content (AvgIpc) is 2.80. The molecule has 0 spiro atoms. The summed E-state index contributed by atoms with van der Waals surface area (Å²) in [5.41, 5.74) is 0. The molecular weight excluding hydrogens is 216 g/mol.